The molecule has 0 radical (unpaired) electrons. The van der Waals surface area contributed by atoms with Crippen molar-refractivity contribution in [2.45, 2.75) is 58.0 Å². The molecule has 0 bridgehead atoms. The first kappa shape index (κ1) is 26.7. The summed E-state index contributed by atoms with van der Waals surface area (Å²) in [5.74, 6) is 0.871. The predicted molar refractivity (Wildman–Crippen MR) is 135 cm³/mol. The van der Waals surface area contributed by atoms with Gasteiger partial charge in [-0.1, -0.05) is 31.4 Å². The van der Waals surface area contributed by atoms with E-state index < -0.39 is 0 Å². The molecule has 2 N–H and O–H groups in total. The average Bonchev–Trinajstić information content (AvgIpc) is 2.73. The monoisotopic (exact) mass is 530 g/mol. The molecule has 0 unspecified atom stereocenters. The number of guanidine groups is 1. The molecule has 1 amide bonds. The summed E-state index contributed by atoms with van der Waals surface area (Å²) in [4.78, 5) is 18.4. The van der Waals surface area contributed by atoms with E-state index in [1.807, 2.05) is 18.2 Å². The zero-order chi connectivity index (χ0) is 20.9. The van der Waals surface area contributed by atoms with Crippen LogP contribution in [0.5, 0.6) is 0 Å². The minimum Gasteiger partial charge on any atom is -0.378 e. The Morgan fingerprint density at radius 1 is 1.20 bits per heavy atom. The Kier molecular flexibility index (Phi) is 13.7. The quantitative estimate of drug-likeness (QED) is 0.209. The first-order chi connectivity index (χ1) is 14.1. The molecule has 1 saturated carbocycles. The summed E-state index contributed by atoms with van der Waals surface area (Å²) in [6.07, 6.45) is 8.66. The van der Waals surface area contributed by atoms with Gasteiger partial charge in [0, 0.05) is 45.9 Å². The molecule has 0 aliphatic heterocycles. The Morgan fingerprint density at radius 2 is 1.97 bits per heavy atom. The number of amides is 1. The van der Waals surface area contributed by atoms with Crippen molar-refractivity contribution in [1.82, 2.24) is 15.5 Å². The van der Waals surface area contributed by atoms with Gasteiger partial charge in [-0.15, -0.1) is 24.0 Å². The number of carbonyl (C=O) groups is 1. The first-order valence-corrected chi connectivity index (χ1v) is 11.0. The number of hydrogen-bond donors (Lipinski definition) is 2. The SMILES string of the molecule is CCNC(=NCCCOC1CCCCC1)NCCc1cccc(C(=O)N(C)C)c1.I. The van der Waals surface area contributed by atoms with E-state index in [9.17, 15) is 4.79 Å². The molecule has 1 aliphatic rings. The van der Waals surface area contributed by atoms with Crippen LogP contribution in [-0.4, -0.2) is 63.2 Å². The van der Waals surface area contributed by atoms with E-state index in [1.54, 1.807) is 19.0 Å². The van der Waals surface area contributed by atoms with Gasteiger partial charge < -0.3 is 20.3 Å². The molecule has 1 aromatic rings. The molecule has 1 aliphatic carbocycles. The number of nitrogens with one attached hydrogen (secondary N) is 2. The number of hydrogen-bond acceptors (Lipinski definition) is 3. The summed E-state index contributed by atoms with van der Waals surface area (Å²) in [7, 11) is 3.55. The number of nitrogens with zero attached hydrogens (tertiary/aromatic N) is 2. The third-order valence-corrected chi connectivity index (χ3v) is 5.11. The van der Waals surface area contributed by atoms with Gasteiger partial charge >= 0.3 is 0 Å². The van der Waals surface area contributed by atoms with Crippen LogP contribution in [0.1, 0.15) is 61.4 Å². The van der Waals surface area contributed by atoms with E-state index >= 15 is 0 Å². The van der Waals surface area contributed by atoms with Crippen molar-refractivity contribution in [1.29, 1.82) is 0 Å². The summed E-state index contributed by atoms with van der Waals surface area (Å²) in [5.41, 5.74) is 1.87. The second-order valence-electron chi connectivity index (χ2n) is 7.82. The van der Waals surface area contributed by atoms with Gasteiger partial charge in [-0.25, -0.2) is 0 Å². The highest BCUT2D eigenvalue weighted by molar-refractivity contribution is 14.0. The molecule has 2 rings (SSSR count). The second-order valence-corrected chi connectivity index (χ2v) is 7.82. The lowest BCUT2D eigenvalue weighted by molar-refractivity contribution is 0.0281. The van der Waals surface area contributed by atoms with E-state index in [1.165, 1.54) is 32.1 Å². The van der Waals surface area contributed by atoms with Crippen LogP contribution < -0.4 is 10.6 Å². The Morgan fingerprint density at radius 3 is 2.67 bits per heavy atom. The van der Waals surface area contributed by atoms with E-state index in [2.05, 4.69) is 28.6 Å². The van der Waals surface area contributed by atoms with Crippen molar-refractivity contribution in [3.8, 4) is 0 Å². The lowest BCUT2D eigenvalue weighted by Gasteiger charge is -2.21. The molecule has 0 spiro atoms. The Labute approximate surface area is 199 Å². The molecule has 6 nitrogen and oxygen atoms in total. The van der Waals surface area contributed by atoms with Crippen LogP contribution in [0.3, 0.4) is 0 Å². The predicted octanol–water partition coefficient (Wildman–Crippen LogP) is 3.84. The van der Waals surface area contributed by atoms with Crippen molar-refractivity contribution in [3.63, 3.8) is 0 Å². The fourth-order valence-corrected chi connectivity index (χ4v) is 3.52. The van der Waals surface area contributed by atoms with Crippen LogP contribution in [0.2, 0.25) is 0 Å². The number of rotatable bonds is 10. The van der Waals surface area contributed by atoms with Gasteiger partial charge in [0.15, 0.2) is 5.96 Å². The minimum absolute atomic E-state index is 0. The Bertz CT molecular complexity index is 646. The van der Waals surface area contributed by atoms with E-state index in [0.717, 1.165) is 56.2 Å². The van der Waals surface area contributed by atoms with Crippen LogP contribution in [-0.2, 0) is 11.2 Å². The van der Waals surface area contributed by atoms with Crippen LogP contribution >= 0.6 is 24.0 Å². The molecule has 30 heavy (non-hydrogen) atoms. The van der Waals surface area contributed by atoms with Gasteiger partial charge in [0.25, 0.3) is 5.91 Å². The van der Waals surface area contributed by atoms with Crippen molar-refractivity contribution in [3.05, 3.63) is 35.4 Å². The van der Waals surface area contributed by atoms with Gasteiger partial charge in [0.1, 0.15) is 0 Å². The Balaban J connectivity index is 0.00000450. The fourth-order valence-electron chi connectivity index (χ4n) is 3.52. The number of carbonyl (C=O) groups excluding carboxylic acids is 1. The molecule has 0 heterocycles. The number of halogens is 1. The number of benzene rings is 1. The standard InChI is InChI=1S/C23H38N4O2.HI/c1-4-24-23(25-15-9-17-29-21-12-6-5-7-13-21)26-16-14-19-10-8-11-20(18-19)22(28)27(2)3;/h8,10-11,18,21H,4-7,9,12-17H2,1-3H3,(H2,24,25,26);1H. The third kappa shape index (κ3) is 10.1. The number of aliphatic imine (C=N–C) groups is 1. The highest BCUT2D eigenvalue weighted by atomic mass is 127. The molecule has 1 fully saturated rings. The number of ether oxygens (including phenoxy) is 1. The summed E-state index contributed by atoms with van der Waals surface area (Å²) in [6.45, 7) is 5.22. The van der Waals surface area contributed by atoms with Crippen LogP contribution in [0, 0.1) is 0 Å². The lowest BCUT2D eigenvalue weighted by Crippen LogP contribution is -2.38. The van der Waals surface area contributed by atoms with Gasteiger partial charge in [-0.3, -0.25) is 9.79 Å². The molecule has 170 valence electrons. The van der Waals surface area contributed by atoms with E-state index in [4.69, 9.17) is 4.74 Å². The smallest absolute Gasteiger partial charge is 0.253 e. The maximum atomic E-state index is 12.1. The van der Waals surface area contributed by atoms with Crippen molar-refractivity contribution < 1.29 is 9.53 Å². The second kappa shape index (κ2) is 15.5. The summed E-state index contributed by atoms with van der Waals surface area (Å²) < 4.78 is 5.97. The maximum absolute atomic E-state index is 12.1. The summed E-state index contributed by atoms with van der Waals surface area (Å²) >= 11 is 0. The molecule has 1 aromatic carbocycles. The highest BCUT2D eigenvalue weighted by Crippen LogP contribution is 2.20. The van der Waals surface area contributed by atoms with E-state index in [-0.39, 0.29) is 29.9 Å². The molecular formula is C23H39IN4O2. The molecule has 0 aromatic heterocycles. The van der Waals surface area contributed by atoms with Crippen molar-refractivity contribution in [2.75, 3.05) is 40.3 Å². The fraction of sp³-hybridized carbons (Fsp3) is 0.652. The van der Waals surface area contributed by atoms with Crippen LogP contribution in [0.25, 0.3) is 0 Å². The molecule has 0 atom stereocenters. The Hall–Kier alpha value is -1.35. The van der Waals surface area contributed by atoms with Crippen molar-refractivity contribution >= 4 is 35.8 Å². The zero-order valence-corrected chi connectivity index (χ0v) is 21.1. The third-order valence-electron chi connectivity index (χ3n) is 5.11. The largest absolute Gasteiger partial charge is 0.378 e. The van der Waals surface area contributed by atoms with Crippen molar-refractivity contribution in [2.24, 2.45) is 4.99 Å². The zero-order valence-electron chi connectivity index (χ0n) is 18.8. The maximum Gasteiger partial charge on any atom is 0.253 e. The summed E-state index contributed by atoms with van der Waals surface area (Å²) in [6, 6.07) is 7.83. The lowest BCUT2D eigenvalue weighted by atomic mass is 9.98. The average molecular weight is 530 g/mol. The van der Waals surface area contributed by atoms with Gasteiger partial charge in [0.2, 0.25) is 0 Å². The molecular weight excluding hydrogens is 491 g/mol. The molecule has 0 saturated heterocycles. The summed E-state index contributed by atoms with van der Waals surface area (Å²) in [5, 5.41) is 6.67. The van der Waals surface area contributed by atoms with E-state index in [0.29, 0.717) is 6.10 Å². The topological polar surface area (TPSA) is 66.0 Å². The van der Waals surface area contributed by atoms with Crippen LogP contribution in [0.4, 0.5) is 0 Å². The molecule has 7 heteroatoms. The normalized spacial score (nSPS) is 14.7. The first-order valence-electron chi connectivity index (χ1n) is 11.0. The van der Waals surface area contributed by atoms with Gasteiger partial charge in [-0.2, -0.15) is 0 Å². The van der Waals surface area contributed by atoms with Gasteiger partial charge in [-0.05, 0) is 50.3 Å². The minimum atomic E-state index is 0. The van der Waals surface area contributed by atoms with Gasteiger partial charge in [0.05, 0.1) is 6.10 Å². The van der Waals surface area contributed by atoms with Crippen LogP contribution in [0.15, 0.2) is 29.3 Å². The highest BCUT2D eigenvalue weighted by Gasteiger charge is 2.13.